The molecule has 0 amide bonds. The second kappa shape index (κ2) is 14.8. The maximum atomic E-state index is 7.37. The van der Waals surface area contributed by atoms with E-state index in [1.54, 1.807) is 0 Å². The summed E-state index contributed by atoms with van der Waals surface area (Å²) >= 11 is 0. The number of benzene rings is 7. The highest BCUT2D eigenvalue weighted by atomic mass is 16.3. The zero-order valence-electron chi connectivity index (χ0n) is 47.4. The minimum absolute atomic E-state index is 0.00177. The Morgan fingerprint density at radius 2 is 0.947 bits per heavy atom. The molecule has 0 spiro atoms. The molecule has 0 bridgehead atoms. The molecule has 0 fully saturated rings. The number of fused-ring (bicyclic) bond motifs is 14. The largest absolute Gasteiger partial charge is 0.456 e. The van der Waals surface area contributed by atoms with Crippen molar-refractivity contribution in [2.24, 2.45) is 0 Å². The molecule has 0 radical (unpaired) electrons. The third kappa shape index (κ3) is 6.61. The van der Waals surface area contributed by atoms with E-state index in [1.807, 2.05) is 0 Å². The lowest BCUT2D eigenvalue weighted by molar-refractivity contribution is 0.332. The second-order valence-corrected chi connectivity index (χ2v) is 28.9. The molecular weight excluding hydrogens is 912 g/mol. The summed E-state index contributed by atoms with van der Waals surface area (Å²) in [6.07, 6.45) is 6.92. The number of nitrogens with zero attached hydrogens (tertiary/aromatic N) is 2. The highest BCUT2D eigenvalue weighted by Gasteiger charge is 2.50. The summed E-state index contributed by atoms with van der Waals surface area (Å²) in [4.78, 5) is 5.35. The molecule has 9 aromatic rings. The van der Waals surface area contributed by atoms with Crippen molar-refractivity contribution < 1.29 is 8.83 Å². The lowest BCUT2D eigenvalue weighted by atomic mass is 9.42. The molecule has 5 aliphatic rings. The van der Waals surface area contributed by atoms with E-state index in [0.29, 0.717) is 0 Å². The molecule has 0 atom stereocenters. The summed E-state index contributed by atoms with van der Waals surface area (Å²) in [5.41, 5.74) is 25.0. The van der Waals surface area contributed by atoms with Gasteiger partial charge in [0.2, 0.25) is 0 Å². The summed E-state index contributed by atoms with van der Waals surface area (Å²) in [5.74, 6) is 0. The Morgan fingerprint density at radius 3 is 1.59 bits per heavy atom. The van der Waals surface area contributed by atoms with Crippen molar-refractivity contribution >= 4 is 90.1 Å². The molecule has 4 heterocycles. The fourth-order valence-electron chi connectivity index (χ4n) is 15.0. The zero-order chi connectivity index (χ0) is 52.5. The summed E-state index contributed by atoms with van der Waals surface area (Å²) < 4.78 is 14.6. The van der Waals surface area contributed by atoms with E-state index in [9.17, 15) is 0 Å². The molecule has 75 heavy (non-hydrogen) atoms. The summed E-state index contributed by atoms with van der Waals surface area (Å²) in [7, 11) is 0. The summed E-state index contributed by atoms with van der Waals surface area (Å²) in [6.45, 7) is 36.2. The number of rotatable bonds is 2. The van der Waals surface area contributed by atoms with Crippen LogP contribution >= 0.6 is 0 Å². The fourth-order valence-corrected chi connectivity index (χ4v) is 15.0. The van der Waals surface area contributed by atoms with E-state index in [0.717, 1.165) is 70.9 Å². The van der Waals surface area contributed by atoms with Crippen molar-refractivity contribution in [3.05, 3.63) is 148 Å². The molecule has 5 heteroatoms. The first-order valence-electron chi connectivity index (χ1n) is 28.3. The van der Waals surface area contributed by atoms with Gasteiger partial charge in [0, 0.05) is 55.9 Å². The second-order valence-electron chi connectivity index (χ2n) is 28.9. The van der Waals surface area contributed by atoms with Gasteiger partial charge < -0.3 is 18.5 Å². The topological polar surface area (TPSA) is 32.8 Å². The van der Waals surface area contributed by atoms with E-state index in [4.69, 9.17) is 8.83 Å². The highest BCUT2D eigenvalue weighted by molar-refractivity contribution is 6.94. The fraction of sp³-hybridized carbons (Fsp3) is 0.400. The van der Waals surface area contributed by atoms with Gasteiger partial charge in [-0.05, 0) is 193 Å². The number of furan rings is 2. The molecule has 2 aliphatic heterocycles. The molecule has 2 aromatic heterocycles. The lowest BCUT2D eigenvalue weighted by Gasteiger charge is -2.48. The van der Waals surface area contributed by atoms with Crippen LogP contribution in [0.3, 0.4) is 0 Å². The van der Waals surface area contributed by atoms with Crippen LogP contribution in [0.25, 0.3) is 55.0 Å². The molecular formula is C70H75BN2O2. The van der Waals surface area contributed by atoms with Gasteiger partial charge in [0.25, 0.3) is 0 Å². The first-order valence-corrected chi connectivity index (χ1v) is 28.3. The van der Waals surface area contributed by atoms with Crippen molar-refractivity contribution in [1.82, 2.24) is 0 Å². The first kappa shape index (κ1) is 47.3. The van der Waals surface area contributed by atoms with Gasteiger partial charge in [0.05, 0.1) is 5.69 Å². The maximum absolute atomic E-state index is 7.37. The van der Waals surface area contributed by atoms with Crippen LogP contribution in [0.4, 0.5) is 28.4 Å². The van der Waals surface area contributed by atoms with Gasteiger partial charge in [0.15, 0.2) is 5.58 Å². The first-order chi connectivity index (χ1) is 35.2. The molecule has 0 saturated carbocycles. The Labute approximate surface area is 446 Å². The third-order valence-electron chi connectivity index (χ3n) is 20.2. The lowest BCUT2D eigenvalue weighted by Crippen LogP contribution is -2.62. The van der Waals surface area contributed by atoms with Gasteiger partial charge in [-0.2, -0.15) is 0 Å². The van der Waals surface area contributed by atoms with Crippen LogP contribution in [0, 0.1) is 0 Å². The molecule has 4 nitrogen and oxygen atoms in total. The third-order valence-corrected chi connectivity index (χ3v) is 20.2. The van der Waals surface area contributed by atoms with E-state index in [2.05, 4.69) is 223 Å². The quantitative estimate of drug-likeness (QED) is 0.162. The Morgan fingerprint density at radius 1 is 0.427 bits per heavy atom. The molecule has 3 aliphatic carbocycles. The predicted molar refractivity (Wildman–Crippen MR) is 319 cm³/mol. The van der Waals surface area contributed by atoms with Crippen LogP contribution in [0.5, 0.6) is 0 Å². The van der Waals surface area contributed by atoms with Gasteiger partial charge in [-0.1, -0.05) is 146 Å². The highest BCUT2D eigenvalue weighted by Crippen LogP contribution is 2.57. The SMILES string of the molecule is CC(C)(C)c1ccc(N2B3c4cc5c(cc4N(c4ccc6c(c4)C(C)(C)CCC6(C)C)c4c3c(cc3c4oc4ccccc43)-c3cc4c(cc32)oc2cc3c(cc24)C(C)(C)CCC3(C)C)C(C)(C)CCC5(C)C)cc1. The minimum Gasteiger partial charge on any atom is -0.456 e. The van der Waals surface area contributed by atoms with Crippen molar-refractivity contribution in [3.8, 4) is 11.1 Å². The van der Waals surface area contributed by atoms with Crippen LogP contribution < -0.4 is 20.6 Å². The minimum atomic E-state index is -0.193. The van der Waals surface area contributed by atoms with Gasteiger partial charge in [-0.3, -0.25) is 0 Å². The van der Waals surface area contributed by atoms with Crippen LogP contribution in [-0.4, -0.2) is 6.85 Å². The van der Waals surface area contributed by atoms with Crippen LogP contribution in [-0.2, 0) is 37.9 Å². The smallest absolute Gasteiger partial charge is 0.333 e. The van der Waals surface area contributed by atoms with Crippen molar-refractivity contribution in [3.63, 3.8) is 0 Å². The molecule has 0 unspecified atom stereocenters. The zero-order valence-corrected chi connectivity index (χ0v) is 47.4. The maximum Gasteiger partial charge on any atom is 0.333 e. The predicted octanol–water partition coefficient (Wildman–Crippen LogP) is 18.5. The Bertz CT molecular complexity index is 3960. The number of para-hydroxylation sites is 1. The van der Waals surface area contributed by atoms with Gasteiger partial charge in [-0.15, -0.1) is 0 Å². The Balaban J connectivity index is 1.16. The Kier molecular flexibility index (Phi) is 9.35. The summed E-state index contributed by atoms with van der Waals surface area (Å²) in [6, 6.07) is 43.3. The van der Waals surface area contributed by atoms with Crippen molar-refractivity contribution in [1.29, 1.82) is 0 Å². The monoisotopic (exact) mass is 987 g/mol. The molecule has 7 aromatic carbocycles. The van der Waals surface area contributed by atoms with Crippen LogP contribution in [0.2, 0.25) is 0 Å². The molecule has 14 rings (SSSR count). The molecule has 0 N–H and O–H groups in total. The average molecular weight is 987 g/mol. The normalized spacial score (nSPS) is 20.2. The summed E-state index contributed by atoms with van der Waals surface area (Å²) in [5, 5.41) is 4.66. The van der Waals surface area contributed by atoms with Gasteiger partial charge >= 0.3 is 6.85 Å². The van der Waals surface area contributed by atoms with Crippen molar-refractivity contribution in [2.75, 3.05) is 9.71 Å². The van der Waals surface area contributed by atoms with E-state index in [1.165, 1.54) is 101 Å². The van der Waals surface area contributed by atoms with Gasteiger partial charge in [-0.25, -0.2) is 0 Å². The number of anilines is 5. The van der Waals surface area contributed by atoms with Crippen LogP contribution in [0.15, 0.2) is 118 Å². The van der Waals surface area contributed by atoms with Crippen molar-refractivity contribution in [2.45, 2.75) is 180 Å². The van der Waals surface area contributed by atoms with E-state index in [-0.39, 0.29) is 44.8 Å². The van der Waals surface area contributed by atoms with Gasteiger partial charge in [0.1, 0.15) is 16.7 Å². The number of hydrogen-bond donors (Lipinski definition) is 0. The number of hydrogen-bond acceptors (Lipinski definition) is 4. The molecule has 0 saturated heterocycles. The Hall–Kier alpha value is -6.20. The van der Waals surface area contributed by atoms with E-state index >= 15 is 0 Å². The molecule has 380 valence electrons. The average Bonchev–Trinajstić information content (AvgIpc) is 3.94. The van der Waals surface area contributed by atoms with E-state index < -0.39 is 0 Å². The standard InChI is InChI=1S/C70H75BN2O2/c1-64(2,3)40-20-22-41(23-21-40)73-56-39-60-45(46-35-51-54(38-59(46)74-60)70(14,15)31-28-67(51,8)9)33-44(56)47-34-48-43-18-16-17-19-58(43)75-63(48)62-61(47)71(73)55-36-52-53(69(12,13)30-29-68(52,10)11)37-57(55)72(62)42-24-25-49-50(32-42)66(6,7)27-26-65(49,4)5/h16-25,32-39H,26-31H2,1-15H3. The van der Waals surface area contributed by atoms with Crippen LogP contribution in [0.1, 0.15) is 181 Å².